The Hall–Kier alpha value is -1.76. The van der Waals surface area contributed by atoms with E-state index < -0.39 is 10.0 Å². The summed E-state index contributed by atoms with van der Waals surface area (Å²) in [6.07, 6.45) is 0. The molecule has 2 N–H and O–H groups in total. The molecule has 0 bridgehead atoms. The number of rotatable bonds is 3. The average molecular weight is 348 g/mol. The van der Waals surface area contributed by atoms with Crippen molar-refractivity contribution in [3.8, 4) is 0 Å². The molecule has 2 aromatic carbocycles. The first kappa shape index (κ1) is 17.1. The number of sulfonamides is 1. The largest absolute Gasteiger partial charge is 0.326 e. The Morgan fingerprint density at radius 1 is 1.08 bits per heavy atom. The summed E-state index contributed by atoms with van der Waals surface area (Å²) in [6.45, 7) is 3.74. The van der Waals surface area contributed by atoms with Gasteiger partial charge in [0.2, 0.25) is 10.0 Å². The SMILES string of the molecule is Cc1cc(S(=O)(=O)N2C[C@@H](N)[C@H](c3ccccc3)C2)cc(C)c1F. The number of aryl methyl sites for hydroxylation is 2. The number of halogens is 1. The van der Waals surface area contributed by atoms with Gasteiger partial charge in [0.05, 0.1) is 4.90 Å². The molecule has 1 aliphatic heterocycles. The van der Waals surface area contributed by atoms with Crippen LogP contribution >= 0.6 is 0 Å². The van der Waals surface area contributed by atoms with Crippen LogP contribution in [-0.2, 0) is 10.0 Å². The van der Waals surface area contributed by atoms with E-state index in [0.717, 1.165) is 5.56 Å². The molecule has 4 nitrogen and oxygen atoms in total. The highest BCUT2D eigenvalue weighted by atomic mass is 32.2. The first-order chi connectivity index (χ1) is 11.3. The van der Waals surface area contributed by atoms with E-state index in [1.807, 2.05) is 30.3 Å². The predicted octanol–water partition coefficient (Wildman–Crippen LogP) is 2.56. The molecule has 1 saturated heterocycles. The van der Waals surface area contributed by atoms with Crippen LogP contribution in [0.15, 0.2) is 47.4 Å². The lowest BCUT2D eigenvalue weighted by molar-refractivity contribution is 0.469. The van der Waals surface area contributed by atoms with Crippen LogP contribution in [0.4, 0.5) is 4.39 Å². The van der Waals surface area contributed by atoms with Crippen molar-refractivity contribution in [2.75, 3.05) is 13.1 Å². The van der Waals surface area contributed by atoms with E-state index in [2.05, 4.69) is 0 Å². The molecule has 128 valence electrons. The van der Waals surface area contributed by atoms with Gasteiger partial charge in [0.25, 0.3) is 0 Å². The summed E-state index contributed by atoms with van der Waals surface area (Å²) >= 11 is 0. The lowest BCUT2D eigenvalue weighted by Crippen LogP contribution is -2.32. The van der Waals surface area contributed by atoms with E-state index in [9.17, 15) is 12.8 Å². The van der Waals surface area contributed by atoms with Gasteiger partial charge in [0.15, 0.2) is 0 Å². The fourth-order valence-corrected chi connectivity index (χ4v) is 4.92. The zero-order valence-corrected chi connectivity index (χ0v) is 14.6. The summed E-state index contributed by atoms with van der Waals surface area (Å²) in [5, 5.41) is 0. The van der Waals surface area contributed by atoms with Gasteiger partial charge in [-0.15, -0.1) is 0 Å². The van der Waals surface area contributed by atoms with Gasteiger partial charge in [0, 0.05) is 25.0 Å². The first-order valence-electron chi connectivity index (χ1n) is 7.88. The Balaban J connectivity index is 1.92. The van der Waals surface area contributed by atoms with Gasteiger partial charge in [-0.1, -0.05) is 30.3 Å². The number of benzene rings is 2. The summed E-state index contributed by atoms with van der Waals surface area (Å²) in [6, 6.07) is 12.2. The van der Waals surface area contributed by atoms with Crippen LogP contribution in [-0.4, -0.2) is 31.9 Å². The van der Waals surface area contributed by atoms with Crippen LogP contribution in [0.2, 0.25) is 0 Å². The van der Waals surface area contributed by atoms with Crippen molar-refractivity contribution in [1.29, 1.82) is 0 Å². The van der Waals surface area contributed by atoms with Crippen molar-refractivity contribution in [3.05, 3.63) is 65.0 Å². The Morgan fingerprint density at radius 3 is 2.25 bits per heavy atom. The van der Waals surface area contributed by atoms with Gasteiger partial charge < -0.3 is 5.73 Å². The number of nitrogens with zero attached hydrogens (tertiary/aromatic N) is 1. The molecule has 24 heavy (non-hydrogen) atoms. The van der Waals surface area contributed by atoms with Crippen LogP contribution in [0.1, 0.15) is 22.6 Å². The fraction of sp³-hybridized carbons (Fsp3) is 0.333. The molecule has 0 aromatic heterocycles. The third-order valence-corrected chi connectivity index (χ3v) is 6.42. The molecule has 1 fully saturated rings. The summed E-state index contributed by atoms with van der Waals surface area (Å²) in [7, 11) is -3.69. The minimum Gasteiger partial charge on any atom is -0.326 e. The molecule has 1 aliphatic rings. The van der Waals surface area contributed by atoms with Crippen molar-refractivity contribution in [3.63, 3.8) is 0 Å². The highest BCUT2D eigenvalue weighted by molar-refractivity contribution is 7.89. The number of nitrogens with two attached hydrogens (primary N) is 1. The first-order valence-corrected chi connectivity index (χ1v) is 9.32. The lowest BCUT2D eigenvalue weighted by atomic mass is 9.95. The molecule has 0 unspecified atom stereocenters. The molecule has 0 radical (unpaired) electrons. The van der Waals surface area contributed by atoms with Gasteiger partial charge in [-0.05, 0) is 42.7 Å². The minimum absolute atomic E-state index is 0.0383. The van der Waals surface area contributed by atoms with E-state index in [0.29, 0.717) is 17.7 Å². The average Bonchev–Trinajstić information content (AvgIpc) is 2.95. The smallest absolute Gasteiger partial charge is 0.243 e. The highest BCUT2D eigenvalue weighted by Crippen LogP contribution is 2.31. The Kier molecular flexibility index (Phi) is 4.46. The molecule has 6 heteroatoms. The van der Waals surface area contributed by atoms with E-state index in [4.69, 9.17) is 5.73 Å². The van der Waals surface area contributed by atoms with E-state index in [1.165, 1.54) is 16.4 Å². The van der Waals surface area contributed by atoms with Gasteiger partial charge >= 0.3 is 0 Å². The van der Waals surface area contributed by atoms with Crippen molar-refractivity contribution < 1.29 is 12.8 Å². The molecule has 0 saturated carbocycles. The predicted molar refractivity (Wildman–Crippen MR) is 91.8 cm³/mol. The van der Waals surface area contributed by atoms with Crippen LogP contribution in [0.3, 0.4) is 0 Å². The van der Waals surface area contributed by atoms with E-state index in [-0.39, 0.29) is 29.2 Å². The van der Waals surface area contributed by atoms with Crippen molar-refractivity contribution >= 4 is 10.0 Å². The van der Waals surface area contributed by atoms with Crippen LogP contribution in [0.25, 0.3) is 0 Å². The second kappa shape index (κ2) is 6.27. The van der Waals surface area contributed by atoms with Crippen molar-refractivity contribution in [2.45, 2.75) is 30.7 Å². The normalized spacial score (nSPS) is 22.0. The molecule has 2 aromatic rings. The van der Waals surface area contributed by atoms with Gasteiger partial charge in [0.1, 0.15) is 5.82 Å². The zero-order valence-electron chi connectivity index (χ0n) is 13.7. The van der Waals surface area contributed by atoms with Crippen molar-refractivity contribution in [1.82, 2.24) is 4.31 Å². The molecule has 0 spiro atoms. The molecular formula is C18H21FN2O2S. The Morgan fingerprint density at radius 2 is 1.67 bits per heavy atom. The van der Waals surface area contributed by atoms with Crippen LogP contribution in [0.5, 0.6) is 0 Å². The lowest BCUT2D eigenvalue weighted by Gasteiger charge is -2.17. The summed E-state index contributed by atoms with van der Waals surface area (Å²) < 4.78 is 41.0. The third kappa shape index (κ3) is 2.97. The molecular weight excluding hydrogens is 327 g/mol. The maximum absolute atomic E-state index is 13.8. The number of hydrogen-bond donors (Lipinski definition) is 1. The maximum Gasteiger partial charge on any atom is 0.243 e. The zero-order chi connectivity index (χ0) is 17.5. The third-order valence-electron chi connectivity index (χ3n) is 4.61. The van der Waals surface area contributed by atoms with Gasteiger partial charge in [-0.2, -0.15) is 4.31 Å². The summed E-state index contributed by atoms with van der Waals surface area (Å²) in [4.78, 5) is 0.125. The molecule has 0 amide bonds. The second-order valence-corrected chi connectivity index (χ2v) is 8.31. The monoisotopic (exact) mass is 348 g/mol. The standard InChI is InChI=1S/C18H21FN2O2S/c1-12-8-15(9-13(2)18(12)19)24(22,23)21-10-16(17(20)11-21)14-6-4-3-5-7-14/h3-9,16-17H,10-11,20H2,1-2H3/t16-,17+/m0/s1. The van der Waals surface area contributed by atoms with E-state index in [1.54, 1.807) is 13.8 Å². The topological polar surface area (TPSA) is 63.4 Å². The molecule has 0 aliphatic carbocycles. The second-order valence-electron chi connectivity index (χ2n) is 6.37. The van der Waals surface area contributed by atoms with E-state index >= 15 is 0 Å². The highest BCUT2D eigenvalue weighted by Gasteiger charge is 2.38. The molecule has 1 heterocycles. The number of hydrogen-bond acceptors (Lipinski definition) is 3. The van der Waals surface area contributed by atoms with Crippen molar-refractivity contribution in [2.24, 2.45) is 5.73 Å². The summed E-state index contributed by atoms with van der Waals surface area (Å²) in [5.41, 5.74) is 7.89. The Bertz CT molecular complexity index is 830. The van der Waals surface area contributed by atoms with Crippen LogP contribution in [0, 0.1) is 19.7 Å². The molecule has 3 rings (SSSR count). The summed E-state index contributed by atoms with van der Waals surface area (Å²) in [5.74, 6) is -0.405. The fourth-order valence-electron chi connectivity index (χ4n) is 3.24. The molecule has 2 atom stereocenters. The Labute approximate surface area is 142 Å². The van der Waals surface area contributed by atoms with Gasteiger partial charge in [-0.3, -0.25) is 0 Å². The quantitative estimate of drug-likeness (QED) is 0.927. The maximum atomic E-state index is 13.8. The van der Waals surface area contributed by atoms with Gasteiger partial charge in [-0.25, -0.2) is 12.8 Å². The van der Waals surface area contributed by atoms with Crippen LogP contribution < -0.4 is 5.73 Å². The minimum atomic E-state index is -3.69.